The van der Waals surface area contributed by atoms with Gasteiger partial charge in [-0.05, 0) is 79.5 Å². The molecule has 0 saturated carbocycles. The Bertz CT molecular complexity index is 1340. The highest BCUT2D eigenvalue weighted by atomic mass is 16.5. The fraction of sp³-hybridized carbons (Fsp3) is 0.458. The molecule has 1 atom stereocenters. The van der Waals surface area contributed by atoms with Gasteiger partial charge in [0.1, 0.15) is 6.61 Å². The molecule has 3 aromatic rings. The Balaban J connectivity index is 1.12. The summed E-state index contributed by atoms with van der Waals surface area (Å²) in [7, 11) is 0. The first-order valence-electron chi connectivity index (χ1n) is 11.7. The third-order valence-corrected chi connectivity index (χ3v) is 7.73. The molecule has 1 amide bonds. The van der Waals surface area contributed by atoms with Crippen molar-refractivity contribution < 1.29 is 19.4 Å². The molecule has 176 valence electrons. The molecule has 0 bridgehead atoms. The summed E-state index contributed by atoms with van der Waals surface area (Å²) in [6.07, 6.45) is 1.67. The lowest BCUT2D eigenvalue weighted by atomic mass is 9.77. The largest absolute Gasteiger partial charge is 0.456 e. The van der Waals surface area contributed by atoms with Crippen LogP contribution in [-0.4, -0.2) is 79.6 Å². The number of β-amino-alcohol motifs (C(OH)–C–C–N with tert-alkyl or cyclic N) is 1. The van der Waals surface area contributed by atoms with Crippen LogP contribution in [0.25, 0.3) is 16.6 Å². The smallest absolute Gasteiger partial charge is 0.336 e. The summed E-state index contributed by atoms with van der Waals surface area (Å²) >= 11 is 0. The number of likely N-dealkylation sites (tertiary alicyclic amines) is 2. The lowest BCUT2D eigenvalue weighted by Gasteiger charge is -2.38. The highest BCUT2D eigenvalue weighted by molar-refractivity contribution is 5.94. The van der Waals surface area contributed by atoms with Crippen molar-refractivity contribution in [1.82, 2.24) is 29.8 Å². The number of aromatic nitrogens is 4. The second kappa shape index (κ2) is 7.85. The van der Waals surface area contributed by atoms with Crippen molar-refractivity contribution in [3.8, 4) is 0 Å². The Morgan fingerprint density at radius 3 is 2.68 bits per heavy atom. The van der Waals surface area contributed by atoms with E-state index in [1.165, 1.54) is 0 Å². The Morgan fingerprint density at radius 2 is 1.91 bits per heavy atom. The van der Waals surface area contributed by atoms with Gasteiger partial charge in [-0.25, -0.2) is 4.79 Å². The number of nitrogens with zero attached hydrogens (tertiary/aromatic N) is 6. The predicted octanol–water partition coefficient (Wildman–Crippen LogP) is 1.46. The third-order valence-electron chi connectivity index (χ3n) is 7.73. The molecule has 0 radical (unpaired) electrons. The van der Waals surface area contributed by atoms with Crippen molar-refractivity contribution in [1.29, 1.82) is 0 Å². The van der Waals surface area contributed by atoms with Crippen LogP contribution in [0.15, 0.2) is 41.6 Å². The molecule has 10 heteroatoms. The molecule has 1 N–H and O–H groups in total. The lowest BCUT2D eigenvalue weighted by Crippen LogP contribution is -2.45. The molecule has 3 aliphatic rings. The molecule has 34 heavy (non-hydrogen) atoms. The number of esters is 1. The topological polar surface area (TPSA) is 113 Å². The average molecular weight is 463 g/mol. The molecule has 2 aromatic heterocycles. The van der Waals surface area contributed by atoms with Crippen LogP contribution in [0.1, 0.15) is 37.9 Å². The first kappa shape index (κ1) is 21.2. The molecule has 0 aliphatic carbocycles. The number of benzene rings is 1. The highest BCUT2D eigenvalue weighted by Crippen LogP contribution is 2.44. The van der Waals surface area contributed by atoms with Gasteiger partial charge in [-0.2, -0.15) is 4.52 Å². The quantitative estimate of drug-likeness (QED) is 0.580. The van der Waals surface area contributed by atoms with Crippen LogP contribution < -0.4 is 0 Å². The minimum atomic E-state index is -0.631. The monoisotopic (exact) mass is 462 g/mol. The van der Waals surface area contributed by atoms with Gasteiger partial charge in [-0.15, -0.1) is 5.10 Å². The van der Waals surface area contributed by atoms with Crippen molar-refractivity contribution in [2.75, 3.05) is 32.8 Å². The number of aliphatic hydroxyl groups excluding tert-OH is 1. The lowest BCUT2D eigenvalue weighted by molar-refractivity contribution is -0.138. The van der Waals surface area contributed by atoms with Gasteiger partial charge in [0.25, 0.3) is 0 Å². The van der Waals surface area contributed by atoms with Gasteiger partial charge < -0.3 is 19.6 Å². The molecule has 6 rings (SSSR count). The summed E-state index contributed by atoms with van der Waals surface area (Å²) in [5, 5.41) is 23.6. The number of hydrogen-bond acceptors (Lipinski definition) is 8. The van der Waals surface area contributed by atoms with E-state index >= 15 is 0 Å². The maximum absolute atomic E-state index is 13.3. The predicted molar refractivity (Wildman–Crippen MR) is 121 cm³/mol. The van der Waals surface area contributed by atoms with Gasteiger partial charge in [0.2, 0.25) is 5.91 Å². The van der Waals surface area contributed by atoms with Crippen molar-refractivity contribution in [2.45, 2.75) is 32.3 Å². The van der Waals surface area contributed by atoms with E-state index in [0.717, 1.165) is 54.5 Å². The number of cyclic esters (lactones) is 1. The maximum Gasteiger partial charge on any atom is 0.336 e. The fourth-order valence-corrected chi connectivity index (χ4v) is 5.54. The summed E-state index contributed by atoms with van der Waals surface area (Å²) in [6, 6.07) is 9.64. The van der Waals surface area contributed by atoms with Gasteiger partial charge in [0.15, 0.2) is 5.65 Å². The van der Waals surface area contributed by atoms with Crippen LogP contribution >= 0.6 is 0 Å². The molecule has 1 aromatic carbocycles. The van der Waals surface area contributed by atoms with Gasteiger partial charge >= 0.3 is 5.97 Å². The van der Waals surface area contributed by atoms with E-state index in [1.54, 1.807) is 16.3 Å². The summed E-state index contributed by atoms with van der Waals surface area (Å²) in [5.74, 6) is -0.215. The average Bonchev–Trinajstić information content (AvgIpc) is 3.54. The zero-order chi connectivity index (χ0) is 23.4. The number of ether oxygens (including phenoxy) is 1. The zero-order valence-electron chi connectivity index (χ0n) is 19.0. The number of hydrogen-bond donors (Lipinski definition) is 1. The summed E-state index contributed by atoms with van der Waals surface area (Å²) in [4.78, 5) is 29.0. The van der Waals surface area contributed by atoms with E-state index in [9.17, 15) is 14.7 Å². The number of fused-ring (bicyclic) bond motifs is 3. The van der Waals surface area contributed by atoms with Crippen LogP contribution in [-0.2, 0) is 14.3 Å². The van der Waals surface area contributed by atoms with Gasteiger partial charge in [-0.1, -0.05) is 6.07 Å². The summed E-state index contributed by atoms with van der Waals surface area (Å²) < 4.78 is 6.79. The third kappa shape index (κ3) is 3.28. The van der Waals surface area contributed by atoms with E-state index in [-0.39, 0.29) is 23.9 Å². The molecule has 2 fully saturated rings. The highest BCUT2D eigenvalue weighted by Gasteiger charge is 2.50. The number of rotatable bonds is 4. The number of pyridine rings is 1. The second-order valence-electron chi connectivity index (χ2n) is 9.55. The van der Waals surface area contributed by atoms with Crippen molar-refractivity contribution >= 4 is 28.4 Å². The Hall–Kier alpha value is -3.37. The van der Waals surface area contributed by atoms with Gasteiger partial charge in [-0.3, -0.25) is 4.79 Å². The van der Waals surface area contributed by atoms with E-state index in [1.807, 2.05) is 30.3 Å². The molecule has 3 aliphatic heterocycles. The Labute approximate surface area is 195 Å². The maximum atomic E-state index is 13.3. The summed E-state index contributed by atoms with van der Waals surface area (Å²) in [5.41, 5.74) is 3.31. The molecular weight excluding hydrogens is 436 g/mol. The van der Waals surface area contributed by atoms with Crippen LogP contribution in [0.2, 0.25) is 0 Å². The van der Waals surface area contributed by atoms with Crippen LogP contribution in [0, 0.1) is 5.41 Å². The number of amides is 1. The van der Waals surface area contributed by atoms with E-state index in [0.29, 0.717) is 24.3 Å². The molecular formula is C24H26N6O4. The SMILES string of the molecule is CC1=C(N2CCC3(CCN(C[C@H](O)c4ccc5c(ccc6nnnn65)c4)CC3)C2=O)COC1=O. The van der Waals surface area contributed by atoms with Gasteiger partial charge in [0, 0.05) is 18.5 Å². The standard InChI is InChI=1S/C24H26N6O4/c1-15-19(14-34-22(15)32)29-11-8-24(23(29)33)6-9-28(10-7-24)13-20(31)17-2-4-18-16(12-17)3-5-21-25-26-27-30(18)21/h2-5,12,20,31H,6-11,13-14H2,1H3/t20-/m0/s1. The number of piperidine rings is 1. The first-order valence-corrected chi connectivity index (χ1v) is 11.7. The molecule has 2 saturated heterocycles. The molecule has 1 spiro atoms. The van der Waals surface area contributed by atoms with Gasteiger partial charge in [0.05, 0.1) is 28.3 Å². The molecule has 10 nitrogen and oxygen atoms in total. The van der Waals surface area contributed by atoms with Crippen LogP contribution in [0.3, 0.4) is 0 Å². The Kier molecular flexibility index (Phi) is 4.89. The van der Waals surface area contributed by atoms with Crippen molar-refractivity contribution in [3.63, 3.8) is 0 Å². The minimum Gasteiger partial charge on any atom is -0.456 e. The number of tetrazole rings is 1. The van der Waals surface area contributed by atoms with Crippen LogP contribution in [0.4, 0.5) is 0 Å². The Morgan fingerprint density at radius 1 is 1.12 bits per heavy atom. The fourth-order valence-electron chi connectivity index (χ4n) is 5.54. The molecule has 0 unspecified atom stereocenters. The van der Waals surface area contributed by atoms with Crippen molar-refractivity contribution in [2.24, 2.45) is 5.41 Å². The van der Waals surface area contributed by atoms with E-state index in [2.05, 4.69) is 20.4 Å². The minimum absolute atomic E-state index is 0.115. The van der Waals surface area contributed by atoms with E-state index in [4.69, 9.17) is 4.74 Å². The number of aliphatic hydroxyl groups is 1. The normalized spacial score (nSPS) is 21.9. The van der Waals surface area contributed by atoms with Crippen molar-refractivity contribution in [3.05, 3.63) is 47.2 Å². The molecule has 5 heterocycles. The summed E-state index contributed by atoms with van der Waals surface area (Å²) in [6.45, 7) is 4.57. The first-order chi connectivity index (χ1) is 16.4. The van der Waals surface area contributed by atoms with Crippen LogP contribution in [0.5, 0.6) is 0 Å². The number of carbonyl (C=O) groups excluding carboxylic acids is 2. The number of carbonyl (C=O) groups is 2. The van der Waals surface area contributed by atoms with E-state index < -0.39 is 6.10 Å². The second-order valence-corrected chi connectivity index (χ2v) is 9.55. The zero-order valence-corrected chi connectivity index (χ0v) is 19.0.